The maximum Gasteiger partial charge on any atom is 0.234 e. The van der Waals surface area contributed by atoms with E-state index in [9.17, 15) is 4.79 Å². The first-order valence-corrected chi connectivity index (χ1v) is 6.60. The Kier molecular flexibility index (Phi) is 9.21. The summed E-state index contributed by atoms with van der Waals surface area (Å²) < 4.78 is 4.91. The van der Waals surface area contributed by atoms with Crippen LogP contribution in [-0.2, 0) is 9.53 Å². The number of aryl methyl sites for hydroxylation is 2. The van der Waals surface area contributed by atoms with Gasteiger partial charge in [0.1, 0.15) is 0 Å². The van der Waals surface area contributed by atoms with Gasteiger partial charge in [0.2, 0.25) is 5.91 Å². The van der Waals surface area contributed by atoms with Crippen LogP contribution in [-0.4, -0.2) is 32.7 Å². The second-order valence-electron chi connectivity index (χ2n) is 4.88. The van der Waals surface area contributed by atoms with Gasteiger partial charge in [-0.05, 0) is 26.3 Å². The van der Waals surface area contributed by atoms with Crippen molar-refractivity contribution in [1.29, 1.82) is 0 Å². The van der Waals surface area contributed by atoms with Gasteiger partial charge in [-0.1, -0.05) is 29.3 Å². The summed E-state index contributed by atoms with van der Waals surface area (Å²) in [5, 5.41) is 6.01. The van der Waals surface area contributed by atoms with Gasteiger partial charge in [-0.3, -0.25) is 4.79 Å². The second-order valence-corrected chi connectivity index (χ2v) is 4.88. The predicted molar refractivity (Wildman–Crippen MR) is 84.5 cm³/mol. The molecule has 1 amide bonds. The molecule has 0 aliphatic heterocycles. The van der Waals surface area contributed by atoms with Crippen molar-refractivity contribution in [3.8, 4) is 0 Å². The molecule has 0 aliphatic carbocycles. The molecular weight excluding hydrogens is 276 g/mol. The number of halogens is 1. The second kappa shape index (κ2) is 9.75. The molecular formula is C15H25ClN2O2. The van der Waals surface area contributed by atoms with E-state index < -0.39 is 0 Å². The van der Waals surface area contributed by atoms with E-state index in [4.69, 9.17) is 4.74 Å². The molecule has 0 aromatic heterocycles. The summed E-state index contributed by atoms with van der Waals surface area (Å²) >= 11 is 0. The first-order valence-electron chi connectivity index (χ1n) is 6.60. The van der Waals surface area contributed by atoms with E-state index in [-0.39, 0.29) is 24.4 Å². The molecule has 1 aromatic carbocycles. The van der Waals surface area contributed by atoms with Gasteiger partial charge in [-0.2, -0.15) is 0 Å². The highest BCUT2D eigenvalue weighted by Crippen LogP contribution is 2.16. The summed E-state index contributed by atoms with van der Waals surface area (Å²) in [4.78, 5) is 11.7. The molecule has 4 nitrogen and oxygen atoms in total. The smallest absolute Gasteiger partial charge is 0.234 e. The summed E-state index contributed by atoms with van der Waals surface area (Å²) in [6.45, 7) is 7.75. The minimum absolute atomic E-state index is 0. The van der Waals surface area contributed by atoms with Crippen LogP contribution in [0.15, 0.2) is 18.2 Å². The Bertz CT molecular complexity index is 404. The van der Waals surface area contributed by atoms with Gasteiger partial charge >= 0.3 is 0 Å². The van der Waals surface area contributed by atoms with Crippen molar-refractivity contribution in [3.05, 3.63) is 34.9 Å². The summed E-state index contributed by atoms with van der Waals surface area (Å²) in [6, 6.07) is 6.37. The Morgan fingerprint density at radius 3 is 2.40 bits per heavy atom. The topological polar surface area (TPSA) is 50.4 Å². The fraction of sp³-hybridized carbons (Fsp3) is 0.533. The van der Waals surface area contributed by atoms with Crippen LogP contribution in [0.2, 0.25) is 0 Å². The number of benzene rings is 1. The molecule has 1 aromatic rings. The van der Waals surface area contributed by atoms with E-state index >= 15 is 0 Å². The molecule has 2 N–H and O–H groups in total. The Hall–Kier alpha value is -1.10. The van der Waals surface area contributed by atoms with Crippen LogP contribution in [0.25, 0.3) is 0 Å². The molecule has 1 unspecified atom stereocenters. The number of ether oxygens (including phenoxy) is 1. The van der Waals surface area contributed by atoms with Crippen LogP contribution in [0.1, 0.15) is 29.7 Å². The monoisotopic (exact) mass is 300 g/mol. The number of rotatable bonds is 7. The summed E-state index contributed by atoms with van der Waals surface area (Å²) in [6.07, 6.45) is 0. The molecule has 0 aliphatic rings. The maximum absolute atomic E-state index is 11.7. The van der Waals surface area contributed by atoms with Gasteiger partial charge in [0.15, 0.2) is 0 Å². The minimum Gasteiger partial charge on any atom is -0.383 e. The van der Waals surface area contributed by atoms with Crippen LogP contribution >= 0.6 is 12.4 Å². The van der Waals surface area contributed by atoms with E-state index in [1.54, 1.807) is 7.11 Å². The first-order chi connectivity index (χ1) is 9.02. The lowest BCUT2D eigenvalue weighted by molar-refractivity contribution is -0.120. The fourth-order valence-electron chi connectivity index (χ4n) is 2.01. The molecule has 0 saturated heterocycles. The zero-order valence-corrected chi connectivity index (χ0v) is 13.5. The van der Waals surface area contributed by atoms with Crippen LogP contribution in [0.5, 0.6) is 0 Å². The third-order valence-corrected chi connectivity index (χ3v) is 2.89. The molecule has 0 radical (unpaired) electrons. The van der Waals surface area contributed by atoms with Gasteiger partial charge in [0.05, 0.1) is 19.2 Å². The average molecular weight is 301 g/mol. The number of hydrogen-bond acceptors (Lipinski definition) is 3. The maximum atomic E-state index is 11.7. The zero-order chi connectivity index (χ0) is 14.3. The van der Waals surface area contributed by atoms with Crippen molar-refractivity contribution in [2.24, 2.45) is 0 Å². The molecule has 1 rings (SSSR count). The number of carbonyl (C=O) groups excluding carboxylic acids is 1. The molecule has 114 valence electrons. The van der Waals surface area contributed by atoms with Gasteiger partial charge < -0.3 is 15.4 Å². The number of methoxy groups -OCH3 is 1. The van der Waals surface area contributed by atoms with Crippen LogP contribution in [0, 0.1) is 13.8 Å². The van der Waals surface area contributed by atoms with Gasteiger partial charge in [-0.15, -0.1) is 12.4 Å². The van der Waals surface area contributed by atoms with Crippen molar-refractivity contribution in [2.75, 3.05) is 26.8 Å². The quantitative estimate of drug-likeness (QED) is 0.759. The number of carbonyl (C=O) groups is 1. The molecule has 0 spiro atoms. The van der Waals surface area contributed by atoms with E-state index in [2.05, 4.69) is 42.7 Å². The Balaban J connectivity index is 0.00000361. The van der Waals surface area contributed by atoms with Crippen molar-refractivity contribution in [3.63, 3.8) is 0 Å². The largest absolute Gasteiger partial charge is 0.383 e. The van der Waals surface area contributed by atoms with Crippen LogP contribution in [0.3, 0.4) is 0 Å². The van der Waals surface area contributed by atoms with Gasteiger partial charge in [-0.25, -0.2) is 0 Å². The standard InChI is InChI=1S/C15H24N2O2.ClH/c1-11-7-12(2)9-14(8-11)13(3)17-15(18)10-16-5-6-19-4;/h7-9,13,16H,5-6,10H2,1-4H3,(H,17,18);1H. The van der Waals surface area contributed by atoms with Crippen molar-refractivity contribution >= 4 is 18.3 Å². The summed E-state index contributed by atoms with van der Waals surface area (Å²) in [7, 11) is 1.64. The molecule has 0 saturated carbocycles. The lowest BCUT2D eigenvalue weighted by atomic mass is 10.0. The zero-order valence-electron chi connectivity index (χ0n) is 12.7. The van der Waals surface area contributed by atoms with E-state index in [0.717, 1.165) is 5.56 Å². The highest BCUT2D eigenvalue weighted by molar-refractivity contribution is 5.85. The van der Waals surface area contributed by atoms with Crippen LogP contribution < -0.4 is 10.6 Å². The third kappa shape index (κ3) is 6.89. The fourth-order valence-corrected chi connectivity index (χ4v) is 2.01. The lowest BCUT2D eigenvalue weighted by Crippen LogP contribution is -2.36. The van der Waals surface area contributed by atoms with Gasteiger partial charge in [0.25, 0.3) is 0 Å². The third-order valence-electron chi connectivity index (χ3n) is 2.89. The van der Waals surface area contributed by atoms with Gasteiger partial charge in [0, 0.05) is 13.7 Å². The Morgan fingerprint density at radius 2 is 1.85 bits per heavy atom. The van der Waals surface area contributed by atoms with Crippen molar-refractivity contribution in [2.45, 2.75) is 26.8 Å². The van der Waals surface area contributed by atoms with E-state index in [1.807, 2.05) is 6.92 Å². The first kappa shape index (κ1) is 18.9. The minimum atomic E-state index is 0. The highest BCUT2D eigenvalue weighted by atomic mass is 35.5. The lowest BCUT2D eigenvalue weighted by Gasteiger charge is -2.16. The van der Waals surface area contributed by atoms with E-state index in [1.165, 1.54) is 11.1 Å². The molecule has 0 heterocycles. The number of hydrogen-bond donors (Lipinski definition) is 2. The molecule has 1 atom stereocenters. The van der Waals surface area contributed by atoms with Crippen molar-refractivity contribution in [1.82, 2.24) is 10.6 Å². The van der Waals surface area contributed by atoms with Crippen LogP contribution in [0.4, 0.5) is 0 Å². The predicted octanol–water partition coefficient (Wildman–Crippen LogP) is 2.14. The molecule has 20 heavy (non-hydrogen) atoms. The van der Waals surface area contributed by atoms with Crippen molar-refractivity contribution < 1.29 is 9.53 Å². The average Bonchev–Trinajstić information content (AvgIpc) is 2.33. The SMILES string of the molecule is COCCNCC(=O)NC(C)c1cc(C)cc(C)c1.Cl. The summed E-state index contributed by atoms with van der Waals surface area (Å²) in [5.41, 5.74) is 3.58. The van der Waals surface area contributed by atoms with E-state index in [0.29, 0.717) is 19.7 Å². The number of amides is 1. The highest BCUT2D eigenvalue weighted by Gasteiger charge is 2.09. The molecule has 0 bridgehead atoms. The Morgan fingerprint density at radius 1 is 1.25 bits per heavy atom. The molecule has 0 fully saturated rings. The normalized spacial score (nSPS) is 11.6. The summed E-state index contributed by atoms with van der Waals surface area (Å²) in [5.74, 6) is 0.00256. The molecule has 5 heteroatoms. The number of nitrogens with one attached hydrogen (secondary N) is 2. The Labute approximate surface area is 127 Å².